The molecule has 0 saturated carbocycles. The first-order valence-corrected chi connectivity index (χ1v) is 12.1. The van der Waals surface area contributed by atoms with Crippen LogP contribution in [-0.2, 0) is 30.4 Å². The number of carboxylic acid groups (broad SMARTS) is 2. The summed E-state index contributed by atoms with van der Waals surface area (Å²) in [7, 11) is 0. The highest BCUT2D eigenvalue weighted by Gasteiger charge is 2.32. The largest absolute Gasteiger partial charge is 0.508 e. The number of phenolic OH excluding ortho intramolecular Hbond substituents is 1. The second kappa shape index (κ2) is 14.8. The summed E-state index contributed by atoms with van der Waals surface area (Å²) < 4.78 is 0. The number of benzene rings is 1. The van der Waals surface area contributed by atoms with Gasteiger partial charge >= 0.3 is 11.9 Å². The molecule has 0 aromatic heterocycles. The van der Waals surface area contributed by atoms with Gasteiger partial charge in [-0.25, -0.2) is 4.79 Å². The number of rotatable bonds is 15. The molecule has 4 atom stereocenters. The van der Waals surface area contributed by atoms with E-state index in [1.165, 1.54) is 24.3 Å². The molecule has 0 fully saturated rings. The van der Waals surface area contributed by atoms with Gasteiger partial charge in [-0.3, -0.25) is 19.2 Å². The Morgan fingerprint density at radius 3 is 1.89 bits per heavy atom. The third kappa shape index (κ3) is 11.3. The van der Waals surface area contributed by atoms with Crippen LogP contribution in [0.3, 0.4) is 0 Å². The number of nitrogens with two attached hydrogens (primary N) is 1. The van der Waals surface area contributed by atoms with Gasteiger partial charge in [-0.2, -0.15) is 0 Å². The van der Waals surface area contributed by atoms with Crippen molar-refractivity contribution in [2.75, 3.05) is 0 Å². The molecule has 12 heteroatoms. The molecule has 12 nitrogen and oxygen atoms in total. The fourth-order valence-electron chi connectivity index (χ4n) is 3.55. The number of carbonyl (C=O) groups excluding carboxylic acids is 3. The lowest BCUT2D eigenvalue weighted by molar-refractivity contribution is -0.143. The Morgan fingerprint density at radius 2 is 1.41 bits per heavy atom. The fraction of sp³-hybridized carbons (Fsp3) is 0.560. The standard InChI is InChI=1S/C25H38N4O8/c1-13(2)11-17(26)22(33)29-21(14(3)4)24(35)28-19(12-15-5-7-16(30)8-6-15)23(34)27-18(25(36)37)9-10-20(31)32/h5-8,13-14,17-19,21,30H,9-12,26H2,1-4H3,(H,27,34)(H,28,35)(H,29,33)(H,31,32)(H,36,37). The van der Waals surface area contributed by atoms with E-state index in [1.807, 2.05) is 13.8 Å². The summed E-state index contributed by atoms with van der Waals surface area (Å²) in [6.07, 6.45) is -0.481. The molecule has 1 aromatic rings. The molecule has 0 aliphatic carbocycles. The number of aromatic hydroxyl groups is 1. The van der Waals surface area contributed by atoms with Crippen LogP contribution >= 0.6 is 0 Å². The number of hydrogen-bond acceptors (Lipinski definition) is 7. The average Bonchev–Trinajstić information content (AvgIpc) is 2.79. The average molecular weight is 523 g/mol. The van der Waals surface area contributed by atoms with Crippen molar-refractivity contribution < 1.29 is 39.3 Å². The normalized spacial score (nSPS) is 14.4. The van der Waals surface area contributed by atoms with Crippen molar-refractivity contribution in [3.05, 3.63) is 29.8 Å². The first-order chi connectivity index (χ1) is 17.2. The molecule has 206 valence electrons. The Balaban J connectivity index is 3.13. The Morgan fingerprint density at radius 1 is 0.838 bits per heavy atom. The highest BCUT2D eigenvalue weighted by molar-refractivity contribution is 5.94. The molecule has 4 unspecified atom stereocenters. The molecular weight excluding hydrogens is 484 g/mol. The van der Waals surface area contributed by atoms with E-state index < -0.39 is 60.2 Å². The van der Waals surface area contributed by atoms with Crippen LogP contribution in [0.1, 0.15) is 52.5 Å². The molecule has 37 heavy (non-hydrogen) atoms. The second-order valence-corrected chi connectivity index (χ2v) is 9.73. The molecule has 0 aliphatic heterocycles. The minimum absolute atomic E-state index is 0.00582. The van der Waals surface area contributed by atoms with Gasteiger partial charge in [-0.05, 0) is 42.4 Å². The summed E-state index contributed by atoms with van der Waals surface area (Å²) in [4.78, 5) is 61.2. The van der Waals surface area contributed by atoms with E-state index in [0.717, 1.165) is 0 Å². The molecule has 8 N–H and O–H groups in total. The van der Waals surface area contributed by atoms with Crippen molar-refractivity contribution >= 4 is 29.7 Å². The van der Waals surface area contributed by atoms with Crippen molar-refractivity contribution in [3.8, 4) is 5.75 Å². The zero-order valence-corrected chi connectivity index (χ0v) is 21.6. The number of nitrogens with one attached hydrogen (secondary N) is 3. The maximum Gasteiger partial charge on any atom is 0.326 e. The Kier molecular flexibility index (Phi) is 12.5. The smallest absolute Gasteiger partial charge is 0.326 e. The molecular formula is C25H38N4O8. The van der Waals surface area contributed by atoms with Crippen LogP contribution in [0.25, 0.3) is 0 Å². The van der Waals surface area contributed by atoms with Crippen molar-refractivity contribution in [3.63, 3.8) is 0 Å². The Hall–Kier alpha value is -3.67. The van der Waals surface area contributed by atoms with E-state index in [2.05, 4.69) is 16.0 Å². The molecule has 0 aliphatic rings. The van der Waals surface area contributed by atoms with Crippen LogP contribution in [0.5, 0.6) is 5.75 Å². The Labute approximate surface area is 216 Å². The first kappa shape index (κ1) is 31.4. The highest BCUT2D eigenvalue weighted by atomic mass is 16.4. The monoisotopic (exact) mass is 522 g/mol. The fourth-order valence-corrected chi connectivity index (χ4v) is 3.55. The third-order valence-electron chi connectivity index (χ3n) is 5.58. The van der Waals surface area contributed by atoms with Gasteiger partial charge in [0.25, 0.3) is 0 Å². The molecule has 0 heterocycles. The van der Waals surface area contributed by atoms with E-state index in [9.17, 15) is 34.2 Å². The lowest BCUT2D eigenvalue weighted by Gasteiger charge is -2.27. The van der Waals surface area contributed by atoms with Gasteiger partial charge in [0.15, 0.2) is 0 Å². The number of amides is 3. The first-order valence-electron chi connectivity index (χ1n) is 12.1. The lowest BCUT2D eigenvalue weighted by Crippen LogP contribution is -2.59. The van der Waals surface area contributed by atoms with E-state index in [1.54, 1.807) is 13.8 Å². The van der Waals surface area contributed by atoms with E-state index in [4.69, 9.17) is 10.8 Å². The minimum Gasteiger partial charge on any atom is -0.508 e. The zero-order valence-electron chi connectivity index (χ0n) is 21.6. The van der Waals surface area contributed by atoms with E-state index in [-0.39, 0.29) is 30.4 Å². The minimum atomic E-state index is -1.49. The Bertz CT molecular complexity index is 949. The van der Waals surface area contributed by atoms with Crippen molar-refractivity contribution in [1.82, 2.24) is 16.0 Å². The van der Waals surface area contributed by atoms with Crippen LogP contribution in [-0.4, -0.2) is 69.1 Å². The summed E-state index contributed by atoms with van der Waals surface area (Å²) in [6.45, 7) is 7.24. The van der Waals surface area contributed by atoms with Crippen LogP contribution in [0.2, 0.25) is 0 Å². The molecule has 0 radical (unpaired) electrons. The van der Waals surface area contributed by atoms with E-state index in [0.29, 0.717) is 12.0 Å². The van der Waals surface area contributed by atoms with Crippen LogP contribution < -0.4 is 21.7 Å². The van der Waals surface area contributed by atoms with Gasteiger partial charge < -0.3 is 37.0 Å². The van der Waals surface area contributed by atoms with Crippen molar-refractivity contribution in [2.45, 2.75) is 77.5 Å². The topological polar surface area (TPSA) is 208 Å². The maximum absolute atomic E-state index is 13.2. The molecule has 3 amide bonds. The molecule has 1 rings (SSSR count). The number of aliphatic carboxylic acids is 2. The van der Waals surface area contributed by atoms with Gasteiger partial charge in [-0.1, -0.05) is 39.8 Å². The summed E-state index contributed by atoms with van der Waals surface area (Å²) in [5.74, 6) is -4.88. The van der Waals surface area contributed by atoms with Crippen LogP contribution in [0.15, 0.2) is 24.3 Å². The lowest BCUT2D eigenvalue weighted by atomic mass is 9.99. The molecule has 1 aromatic carbocycles. The summed E-state index contributed by atoms with van der Waals surface area (Å²) in [5.41, 5.74) is 6.49. The zero-order chi connectivity index (χ0) is 28.3. The molecule has 0 saturated heterocycles. The van der Waals surface area contributed by atoms with Crippen molar-refractivity contribution in [1.29, 1.82) is 0 Å². The second-order valence-electron chi connectivity index (χ2n) is 9.73. The van der Waals surface area contributed by atoms with E-state index >= 15 is 0 Å². The summed E-state index contributed by atoms with van der Waals surface area (Å²) in [6, 6.07) is 1.27. The number of carboxylic acids is 2. The number of hydrogen-bond donors (Lipinski definition) is 7. The predicted octanol–water partition coefficient (Wildman–Crippen LogP) is 0.368. The molecule has 0 spiro atoms. The predicted molar refractivity (Wildman–Crippen MR) is 134 cm³/mol. The quantitative estimate of drug-likeness (QED) is 0.169. The van der Waals surface area contributed by atoms with Gasteiger partial charge in [0.1, 0.15) is 23.9 Å². The summed E-state index contributed by atoms with van der Waals surface area (Å²) in [5, 5.41) is 35.3. The van der Waals surface area contributed by atoms with Gasteiger partial charge in [0.2, 0.25) is 17.7 Å². The number of phenols is 1. The molecule has 0 bridgehead atoms. The van der Waals surface area contributed by atoms with Gasteiger partial charge in [0, 0.05) is 12.8 Å². The third-order valence-corrected chi connectivity index (χ3v) is 5.58. The van der Waals surface area contributed by atoms with Gasteiger partial charge in [-0.15, -0.1) is 0 Å². The highest BCUT2D eigenvalue weighted by Crippen LogP contribution is 2.13. The SMILES string of the molecule is CC(C)CC(N)C(=O)NC(C(=O)NC(Cc1ccc(O)cc1)C(=O)NC(CCC(=O)O)C(=O)O)C(C)C. The van der Waals surface area contributed by atoms with Crippen LogP contribution in [0, 0.1) is 11.8 Å². The van der Waals surface area contributed by atoms with Gasteiger partial charge in [0.05, 0.1) is 6.04 Å². The number of carbonyl (C=O) groups is 5. The van der Waals surface area contributed by atoms with Crippen LogP contribution in [0.4, 0.5) is 0 Å². The van der Waals surface area contributed by atoms with Crippen molar-refractivity contribution in [2.24, 2.45) is 17.6 Å². The maximum atomic E-state index is 13.2. The summed E-state index contributed by atoms with van der Waals surface area (Å²) >= 11 is 0.